The number of aliphatic hydroxyl groups is 6. The zero-order valence-electron chi connectivity index (χ0n) is 38.6. The van der Waals surface area contributed by atoms with Gasteiger partial charge in [-0.3, -0.25) is 14.1 Å². The van der Waals surface area contributed by atoms with E-state index in [4.69, 9.17) is 20.4 Å². The molecule has 362 valence electrons. The van der Waals surface area contributed by atoms with E-state index in [1.54, 1.807) is 20.8 Å². The van der Waals surface area contributed by atoms with Crippen LogP contribution in [0.1, 0.15) is 115 Å². The van der Waals surface area contributed by atoms with Crippen molar-refractivity contribution in [2.45, 2.75) is 119 Å². The minimum atomic E-state index is -4.31. The molecular formula is C45H56N2Na2O17S2. The Morgan fingerprint density at radius 3 is 1.75 bits per heavy atom. The predicted molar refractivity (Wildman–Crippen MR) is 233 cm³/mol. The standard InChI is InChI=1S/C45H58N2O17S2.2Na/c1-5-25-31-27-21-47(15-7-6-10-29(43(54)55)46-44(56)45(2,3)4)22-28(38(49)37(27)48)32(31)26(34-33(25)35-39(50)41(52)36(34)42(53)40(35)51)13-11-23-20-24(63-16-8-18-65(57,58)59)12-14-30(23)64-17-9-19-66(60,61)62;;/h1,12,14,20,27-29,35-42,48-53H,6-10,15-19,21-22H2,2-4H3,(H,46,56)(H,54,55)(H,57,58,59)(H,60,61,62);;/q;2*+1/p-2/t27?,28?,29-,35?,36?,37?,38?,39?,40?,41?,42?;;/m0../s1. The van der Waals surface area contributed by atoms with Gasteiger partial charge in [-0.05, 0) is 90.4 Å². The number of hydrogen-bond acceptors (Lipinski definition) is 17. The number of benzene rings is 2. The van der Waals surface area contributed by atoms with Gasteiger partial charge < -0.3 is 60.0 Å². The number of rotatable bonds is 17. The molecule has 0 amide bonds. The number of terminal acetylenes is 1. The second-order valence-corrected chi connectivity index (χ2v) is 21.6. The molecule has 2 aromatic rings. The van der Waals surface area contributed by atoms with Gasteiger partial charge in [-0.2, -0.15) is 16.8 Å². The number of carbonyl (C=O) groups excluding carboxylic acids is 1. The van der Waals surface area contributed by atoms with Crippen LogP contribution >= 0.6 is 0 Å². The Kier molecular flexibility index (Phi) is 20.1. The Morgan fingerprint density at radius 1 is 0.765 bits per heavy atom. The molecule has 8 N–H and O–H groups in total. The van der Waals surface area contributed by atoms with Crippen LogP contribution in [-0.2, 0) is 25.0 Å². The molecule has 2 heterocycles. The van der Waals surface area contributed by atoms with Gasteiger partial charge in [0.2, 0.25) is 0 Å². The van der Waals surface area contributed by atoms with Crippen LogP contribution in [0.5, 0.6) is 11.5 Å². The molecule has 2 fully saturated rings. The second-order valence-electron chi connectivity index (χ2n) is 18.4. The Labute approximate surface area is 440 Å². The van der Waals surface area contributed by atoms with Gasteiger partial charge in [-0.25, -0.2) is 0 Å². The summed E-state index contributed by atoms with van der Waals surface area (Å²) >= 11 is 0. The number of aliphatic hydroxyl groups excluding tert-OH is 6. The second kappa shape index (κ2) is 23.5. The van der Waals surface area contributed by atoms with E-state index in [0.29, 0.717) is 30.5 Å². The summed E-state index contributed by atoms with van der Waals surface area (Å²) in [7, 11) is -8.58. The first-order chi connectivity index (χ1) is 30.8. The van der Waals surface area contributed by atoms with Gasteiger partial charge in [-0.1, -0.05) is 38.5 Å². The summed E-state index contributed by atoms with van der Waals surface area (Å²) in [4.78, 5) is 17.8. The van der Waals surface area contributed by atoms with Gasteiger partial charge in [0.1, 0.15) is 11.5 Å². The van der Waals surface area contributed by atoms with E-state index < -0.39 is 115 Å². The van der Waals surface area contributed by atoms with Crippen molar-refractivity contribution < 1.29 is 140 Å². The van der Waals surface area contributed by atoms with Crippen molar-refractivity contribution in [1.82, 2.24) is 4.90 Å². The fourth-order valence-corrected chi connectivity index (χ4v) is 10.6. The molecule has 0 spiro atoms. The van der Waals surface area contributed by atoms with Crippen LogP contribution in [0.4, 0.5) is 0 Å². The van der Waals surface area contributed by atoms with Crippen LogP contribution < -0.4 is 78.8 Å². The number of unbranched alkanes of at least 4 members (excludes halogenated alkanes) is 1. The fraction of sp³-hybridized carbons (Fsp3) is 0.600. The Hall–Kier alpha value is -2.36. The van der Waals surface area contributed by atoms with Crippen LogP contribution in [0.2, 0.25) is 0 Å². The Balaban J connectivity index is 0.00000504. The molecule has 2 aliphatic heterocycles. The molecule has 2 aromatic carbocycles. The summed E-state index contributed by atoms with van der Waals surface area (Å²) in [5, 5.41) is 93.7. The minimum absolute atomic E-state index is 0. The van der Waals surface area contributed by atoms with Crippen molar-refractivity contribution in [2.24, 2.45) is 10.4 Å². The van der Waals surface area contributed by atoms with Gasteiger partial charge in [0, 0.05) is 47.9 Å². The van der Waals surface area contributed by atoms with E-state index in [0.717, 1.165) is 0 Å². The van der Waals surface area contributed by atoms with Crippen molar-refractivity contribution in [3.8, 4) is 35.7 Å². The van der Waals surface area contributed by atoms with Crippen molar-refractivity contribution in [2.75, 3.05) is 44.4 Å². The quantitative estimate of drug-likeness (QED) is 0.0182. The van der Waals surface area contributed by atoms with Crippen molar-refractivity contribution in [3.05, 3.63) is 57.1 Å². The zero-order chi connectivity index (χ0) is 48.6. The van der Waals surface area contributed by atoms with Crippen LogP contribution in [0.3, 0.4) is 0 Å². The maximum absolute atomic E-state index is 12.5. The third-order valence-corrected chi connectivity index (χ3v) is 14.4. The summed E-state index contributed by atoms with van der Waals surface area (Å²) in [6.45, 7) is 5.15. The van der Waals surface area contributed by atoms with Gasteiger partial charge in [0.25, 0.3) is 20.2 Å². The zero-order valence-corrected chi connectivity index (χ0v) is 44.2. The number of aliphatic carboxylic acids is 1. The molecule has 0 aromatic heterocycles. The van der Waals surface area contributed by atoms with Crippen LogP contribution in [0, 0.1) is 29.6 Å². The molecule has 8 rings (SSSR count). The van der Waals surface area contributed by atoms with Crippen LogP contribution in [-0.4, -0.2) is 160 Å². The molecule has 0 radical (unpaired) electrons. The van der Waals surface area contributed by atoms with E-state index in [1.807, 2.05) is 4.90 Å². The molecule has 8 unspecified atom stereocenters. The molecule has 68 heavy (non-hydrogen) atoms. The number of carboxylic acids is 1. The third-order valence-electron chi connectivity index (χ3n) is 12.7. The summed E-state index contributed by atoms with van der Waals surface area (Å²) in [6, 6.07) is 3.03. The number of aliphatic imine (C=N–C) groups is 1. The molecule has 9 atom stereocenters. The molecule has 19 nitrogen and oxygen atoms in total. The number of fused-ring (bicyclic) bond motifs is 5. The first-order valence-corrected chi connectivity index (χ1v) is 24.8. The number of carboxylic acid groups (broad SMARTS) is 1. The number of hydrogen-bond donors (Lipinski definition) is 8. The van der Waals surface area contributed by atoms with Gasteiger partial charge in [-0.15, -0.1) is 6.42 Å². The normalized spacial score (nSPS) is 26.9. The maximum atomic E-state index is 12.5. The fourth-order valence-electron chi connectivity index (χ4n) is 9.60. The van der Waals surface area contributed by atoms with Crippen molar-refractivity contribution in [1.29, 1.82) is 0 Å². The summed E-state index contributed by atoms with van der Waals surface area (Å²) in [5.74, 6) is 1.56. The van der Waals surface area contributed by atoms with E-state index in [1.165, 1.54) is 18.2 Å². The van der Waals surface area contributed by atoms with Crippen molar-refractivity contribution >= 4 is 32.1 Å². The molecular weight excluding hydrogens is 951 g/mol. The molecule has 1 saturated carbocycles. The first kappa shape index (κ1) is 58.2. The first-order valence-electron chi connectivity index (χ1n) is 21.6. The average Bonchev–Trinajstić information content (AvgIpc) is 3.46. The summed E-state index contributed by atoms with van der Waals surface area (Å²) in [6.07, 6.45) is -2.27. The monoisotopic (exact) mass is 1010 g/mol. The van der Waals surface area contributed by atoms with E-state index in [-0.39, 0.29) is 144 Å². The van der Waals surface area contributed by atoms with E-state index in [9.17, 15) is 67.0 Å². The third kappa shape index (κ3) is 13.0. The van der Waals surface area contributed by atoms with Gasteiger partial charge in [0.05, 0.1) is 78.9 Å². The largest absolute Gasteiger partial charge is 1.00 e. The number of ether oxygens (including phenoxy) is 2. The molecule has 6 aliphatic rings. The minimum Gasteiger partial charge on any atom is -0.862 e. The molecule has 23 heteroatoms. The Morgan fingerprint density at radius 2 is 1.26 bits per heavy atom. The van der Waals surface area contributed by atoms with E-state index in [2.05, 4.69) is 22.8 Å². The van der Waals surface area contributed by atoms with Crippen molar-refractivity contribution in [3.63, 3.8) is 0 Å². The maximum Gasteiger partial charge on any atom is 1.00 e. The van der Waals surface area contributed by atoms with Crippen LogP contribution in [0.15, 0.2) is 23.2 Å². The van der Waals surface area contributed by atoms with Gasteiger partial charge in [0.15, 0.2) is 0 Å². The van der Waals surface area contributed by atoms with Crippen LogP contribution in [0.25, 0.3) is 0 Å². The van der Waals surface area contributed by atoms with E-state index >= 15 is 0 Å². The Bertz CT molecular complexity index is 2520. The average molecular weight is 1010 g/mol. The summed E-state index contributed by atoms with van der Waals surface area (Å²) < 4.78 is 75.4. The molecule has 4 bridgehead atoms. The molecule has 1 saturated heterocycles. The topological polar surface area (TPSA) is 327 Å². The molecule has 4 aliphatic carbocycles. The number of carbonyl (C=O) groups is 1. The smallest absolute Gasteiger partial charge is 0.862 e. The number of nitrogens with zero attached hydrogens (tertiary/aromatic N) is 2. The summed E-state index contributed by atoms with van der Waals surface area (Å²) in [5.41, 5.74) is 0.923. The predicted octanol–water partition coefficient (Wildman–Crippen LogP) is -7.66. The SMILES string of the molecule is C#Cc1c2c(c(C#Cc3cc(OCCCS(=O)(=O)O)ccc3OCCCS(=O)(=O)O)c3c1C1C(O)C(O)C3C(O)C1O)C1CN(CCCC[C@H](N=C([O-])C(C)(C)C)C(=O)[O-])CC2C(O)C1O.[Na+].[Na+]. The van der Waals surface area contributed by atoms with Gasteiger partial charge >= 0.3 is 59.1 Å².